The molecule has 18 heavy (non-hydrogen) atoms. The molecule has 6 heteroatoms. The van der Waals surface area contributed by atoms with Gasteiger partial charge in [-0.1, -0.05) is 0 Å². The highest BCUT2D eigenvalue weighted by molar-refractivity contribution is 5.78. The Kier molecular flexibility index (Phi) is 5.55. The molecule has 0 spiro atoms. The first-order valence-electron chi connectivity index (χ1n) is 6.22. The minimum absolute atomic E-state index is 0.0323. The molecule has 1 heterocycles. The fourth-order valence-corrected chi connectivity index (χ4v) is 2.08. The van der Waals surface area contributed by atoms with Crippen LogP contribution < -0.4 is 0 Å². The number of carboxylic acids is 1. The topological polar surface area (TPSA) is 70.1 Å². The number of carboxylic acid groups (broad SMARTS) is 1. The smallest absolute Gasteiger partial charge is 0.304 e. The number of carbonyl (C=O) groups excluding carboxylic acids is 1. The monoisotopic (exact) mass is 258 g/mol. The lowest BCUT2D eigenvalue weighted by molar-refractivity contribution is -0.144. The molecular weight excluding hydrogens is 236 g/mol. The lowest BCUT2D eigenvalue weighted by Crippen LogP contribution is -2.50. The Labute approximate surface area is 107 Å². The Morgan fingerprint density at radius 2 is 1.89 bits per heavy atom. The van der Waals surface area contributed by atoms with E-state index in [1.54, 1.807) is 16.8 Å². The number of rotatable bonds is 5. The maximum atomic E-state index is 12.0. The van der Waals surface area contributed by atoms with E-state index in [0.717, 1.165) is 0 Å². The summed E-state index contributed by atoms with van der Waals surface area (Å²) in [6.45, 7) is 5.75. The molecule has 2 atom stereocenters. The number of amides is 1. The minimum atomic E-state index is -0.845. The Hall–Kier alpha value is -1.14. The van der Waals surface area contributed by atoms with Gasteiger partial charge in [-0.25, -0.2) is 0 Å². The maximum absolute atomic E-state index is 12.0. The van der Waals surface area contributed by atoms with Crippen LogP contribution in [0.15, 0.2) is 0 Å². The summed E-state index contributed by atoms with van der Waals surface area (Å²) in [7, 11) is 1.76. The van der Waals surface area contributed by atoms with Crippen molar-refractivity contribution in [3.63, 3.8) is 0 Å². The molecule has 1 rings (SSSR count). The van der Waals surface area contributed by atoms with Crippen molar-refractivity contribution >= 4 is 11.9 Å². The molecule has 0 aliphatic carbocycles. The number of morpholine rings is 1. The van der Waals surface area contributed by atoms with Gasteiger partial charge in [0.15, 0.2) is 0 Å². The van der Waals surface area contributed by atoms with Crippen LogP contribution in [0.25, 0.3) is 0 Å². The van der Waals surface area contributed by atoms with E-state index < -0.39 is 5.97 Å². The van der Waals surface area contributed by atoms with Crippen molar-refractivity contribution in [3.05, 3.63) is 0 Å². The number of aliphatic carboxylic acids is 1. The van der Waals surface area contributed by atoms with E-state index in [1.165, 1.54) is 0 Å². The molecule has 1 amide bonds. The van der Waals surface area contributed by atoms with Crippen molar-refractivity contribution in [2.24, 2.45) is 0 Å². The number of hydrogen-bond donors (Lipinski definition) is 1. The van der Waals surface area contributed by atoms with Crippen molar-refractivity contribution in [1.82, 2.24) is 9.80 Å². The molecule has 0 aromatic heterocycles. The average Bonchev–Trinajstić information content (AvgIpc) is 2.25. The number of carbonyl (C=O) groups is 2. The highest BCUT2D eigenvalue weighted by atomic mass is 16.5. The van der Waals surface area contributed by atoms with Gasteiger partial charge in [0.1, 0.15) is 0 Å². The number of nitrogens with zero attached hydrogens (tertiary/aromatic N) is 2. The van der Waals surface area contributed by atoms with Gasteiger partial charge in [0.25, 0.3) is 0 Å². The predicted octanol–water partition coefficient (Wildman–Crippen LogP) is 0.0287. The summed E-state index contributed by atoms with van der Waals surface area (Å²) < 4.78 is 5.57. The summed E-state index contributed by atoms with van der Waals surface area (Å²) in [5, 5.41) is 8.58. The van der Waals surface area contributed by atoms with Crippen molar-refractivity contribution in [1.29, 1.82) is 0 Å². The summed E-state index contributed by atoms with van der Waals surface area (Å²) in [6.07, 6.45) is 0.170. The molecule has 0 aromatic rings. The van der Waals surface area contributed by atoms with Crippen LogP contribution >= 0.6 is 0 Å². The van der Waals surface area contributed by atoms with Gasteiger partial charge in [0, 0.05) is 19.6 Å². The molecule has 104 valence electrons. The summed E-state index contributed by atoms with van der Waals surface area (Å²) >= 11 is 0. The fraction of sp³-hybridized carbons (Fsp3) is 0.833. The second-order valence-corrected chi connectivity index (χ2v) is 4.94. The third kappa shape index (κ3) is 5.01. The van der Waals surface area contributed by atoms with Crippen LogP contribution in [-0.2, 0) is 14.3 Å². The standard InChI is InChI=1S/C12H22N2O4/c1-9-6-14(7-10(2)18-9)11(15)8-13(3)5-4-12(16)17/h9-10H,4-8H2,1-3H3,(H,16,17). The zero-order valence-electron chi connectivity index (χ0n) is 11.3. The molecule has 6 nitrogen and oxygen atoms in total. The van der Waals surface area contributed by atoms with Gasteiger partial charge in [0.05, 0.1) is 25.2 Å². The molecule has 2 unspecified atom stereocenters. The Morgan fingerprint density at radius 1 is 1.33 bits per heavy atom. The van der Waals surface area contributed by atoms with Gasteiger partial charge < -0.3 is 14.7 Å². The molecule has 0 saturated carbocycles. The lowest BCUT2D eigenvalue weighted by atomic mass is 10.2. The quantitative estimate of drug-likeness (QED) is 0.753. The summed E-state index contributed by atoms with van der Waals surface area (Å²) in [6, 6.07) is 0. The van der Waals surface area contributed by atoms with Crippen LogP contribution in [0.4, 0.5) is 0 Å². The van der Waals surface area contributed by atoms with Crippen molar-refractivity contribution in [2.45, 2.75) is 32.5 Å². The Morgan fingerprint density at radius 3 is 2.39 bits per heavy atom. The van der Waals surface area contributed by atoms with Gasteiger partial charge in [-0.15, -0.1) is 0 Å². The molecule has 0 bridgehead atoms. The predicted molar refractivity (Wildman–Crippen MR) is 66.3 cm³/mol. The zero-order chi connectivity index (χ0) is 13.7. The van der Waals surface area contributed by atoms with Crippen LogP contribution in [0.5, 0.6) is 0 Å². The lowest BCUT2D eigenvalue weighted by Gasteiger charge is -2.36. The fourth-order valence-electron chi connectivity index (χ4n) is 2.08. The Balaban J connectivity index is 2.37. The number of likely N-dealkylation sites (N-methyl/N-ethyl adjacent to an activating group) is 1. The second-order valence-electron chi connectivity index (χ2n) is 4.94. The van der Waals surface area contributed by atoms with E-state index in [2.05, 4.69) is 0 Å². The largest absolute Gasteiger partial charge is 0.481 e. The first-order valence-corrected chi connectivity index (χ1v) is 6.22. The minimum Gasteiger partial charge on any atom is -0.481 e. The highest BCUT2D eigenvalue weighted by Gasteiger charge is 2.26. The molecule has 1 fully saturated rings. The van der Waals surface area contributed by atoms with E-state index in [1.807, 2.05) is 13.8 Å². The van der Waals surface area contributed by atoms with Crippen molar-refractivity contribution < 1.29 is 19.4 Å². The molecule has 1 aliphatic rings. The van der Waals surface area contributed by atoms with Crippen LogP contribution in [0.1, 0.15) is 20.3 Å². The Bertz CT molecular complexity index is 298. The normalized spacial score (nSPS) is 24.3. The van der Waals surface area contributed by atoms with E-state index >= 15 is 0 Å². The SMILES string of the molecule is CC1CN(C(=O)CN(C)CCC(=O)O)CC(C)O1. The van der Waals surface area contributed by atoms with Crippen LogP contribution in [0.3, 0.4) is 0 Å². The van der Waals surface area contributed by atoms with E-state index in [4.69, 9.17) is 9.84 Å². The molecule has 1 saturated heterocycles. The average molecular weight is 258 g/mol. The first kappa shape index (κ1) is 14.9. The molecular formula is C12H22N2O4. The van der Waals surface area contributed by atoms with Crippen LogP contribution in [-0.4, -0.2) is 72.2 Å². The highest BCUT2D eigenvalue weighted by Crippen LogP contribution is 2.10. The maximum Gasteiger partial charge on any atom is 0.304 e. The van der Waals surface area contributed by atoms with Gasteiger partial charge >= 0.3 is 5.97 Å². The van der Waals surface area contributed by atoms with Gasteiger partial charge in [-0.3, -0.25) is 14.5 Å². The molecule has 0 radical (unpaired) electrons. The van der Waals surface area contributed by atoms with Gasteiger partial charge in [0.2, 0.25) is 5.91 Å². The molecule has 1 aliphatic heterocycles. The summed E-state index contributed by atoms with van der Waals surface area (Å²) in [4.78, 5) is 26.0. The molecule has 0 aromatic carbocycles. The van der Waals surface area contributed by atoms with E-state index in [-0.39, 0.29) is 31.1 Å². The summed E-state index contributed by atoms with van der Waals surface area (Å²) in [5.41, 5.74) is 0. The second kappa shape index (κ2) is 6.70. The third-order valence-corrected chi connectivity index (χ3v) is 2.88. The summed E-state index contributed by atoms with van der Waals surface area (Å²) in [5.74, 6) is -0.812. The van der Waals surface area contributed by atoms with E-state index in [0.29, 0.717) is 19.6 Å². The van der Waals surface area contributed by atoms with Gasteiger partial charge in [-0.2, -0.15) is 0 Å². The van der Waals surface area contributed by atoms with E-state index in [9.17, 15) is 9.59 Å². The molecule has 1 N–H and O–H groups in total. The van der Waals surface area contributed by atoms with Crippen molar-refractivity contribution in [2.75, 3.05) is 33.2 Å². The first-order chi connectivity index (χ1) is 8.38. The number of hydrogen-bond acceptors (Lipinski definition) is 4. The zero-order valence-corrected chi connectivity index (χ0v) is 11.3. The van der Waals surface area contributed by atoms with Gasteiger partial charge in [-0.05, 0) is 20.9 Å². The third-order valence-electron chi connectivity index (χ3n) is 2.88. The number of ether oxygens (including phenoxy) is 1. The van der Waals surface area contributed by atoms with Crippen LogP contribution in [0.2, 0.25) is 0 Å². The van der Waals surface area contributed by atoms with Crippen LogP contribution in [0, 0.1) is 0 Å². The van der Waals surface area contributed by atoms with Crippen molar-refractivity contribution in [3.8, 4) is 0 Å².